The van der Waals surface area contributed by atoms with Gasteiger partial charge in [0.2, 0.25) is 0 Å². The van der Waals surface area contributed by atoms with Gasteiger partial charge in [-0.3, -0.25) is 4.98 Å². The number of piperidine rings is 1. The highest BCUT2D eigenvalue weighted by atomic mass is 16.6. The van der Waals surface area contributed by atoms with E-state index in [1.165, 1.54) is 0 Å². The summed E-state index contributed by atoms with van der Waals surface area (Å²) >= 11 is 0. The van der Waals surface area contributed by atoms with Gasteiger partial charge < -0.3 is 19.9 Å². The maximum Gasteiger partial charge on any atom is 0.410 e. The highest BCUT2D eigenvalue weighted by molar-refractivity contribution is 5.89. The Kier molecular flexibility index (Phi) is 5.87. The fraction of sp³-hybridized carbons (Fsp3) is 0.650. The molecule has 1 N–H and O–H groups in total. The maximum atomic E-state index is 12.9. The van der Waals surface area contributed by atoms with E-state index in [-0.39, 0.29) is 24.2 Å². The Balaban J connectivity index is 1.72. The molecule has 2 aliphatic rings. The molecule has 3 rings (SSSR count). The predicted molar refractivity (Wildman–Crippen MR) is 104 cm³/mol. The zero-order valence-electron chi connectivity index (χ0n) is 16.5. The lowest BCUT2D eigenvalue weighted by Gasteiger charge is -2.42. The van der Waals surface area contributed by atoms with Gasteiger partial charge in [-0.1, -0.05) is 0 Å². The van der Waals surface area contributed by atoms with Crippen molar-refractivity contribution < 1.29 is 14.3 Å². The zero-order chi connectivity index (χ0) is 19.4. The van der Waals surface area contributed by atoms with E-state index < -0.39 is 5.60 Å². The molecule has 0 unspecified atom stereocenters. The average Bonchev–Trinajstić information content (AvgIpc) is 3.11. The largest absolute Gasteiger partial charge is 0.444 e. The molecule has 0 saturated carbocycles. The molecule has 0 aliphatic carbocycles. The first-order valence-corrected chi connectivity index (χ1v) is 9.82. The fourth-order valence-corrected chi connectivity index (χ4v) is 3.98. The minimum absolute atomic E-state index is 0.0137. The average molecular weight is 374 g/mol. The number of aromatic nitrogens is 1. The predicted octanol–water partition coefficient (Wildman–Crippen LogP) is 3.87. The van der Waals surface area contributed by atoms with Crippen molar-refractivity contribution in [2.45, 2.75) is 70.6 Å². The Hall–Kier alpha value is -2.31. The standard InChI is InChI=1S/C20H30N4O3/c1-20(2,3)27-19(26)24-13-7-10-17(24)16-9-4-5-12-23(16)18(25)22-15-8-6-11-21-14-15/h6,8,11,14,16-17H,4-5,7,9-10,12-13H2,1-3H3,(H,22,25)/t16-,17-/m0/s1. The number of nitrogens with zero attached hydrogens (tertiary/aromatic N) is 3. The Morgan fingerprint density at radius 3 is 2.52 bits per heavy atom. The summed E-state index contributed by atoms with van der Waals surface area (Å²) in [5.41, 5.74) is 0.163. The van der Waals surface area contributed by atoms with Gasteiger partial charge in [0.25, 0.3) is 0 Å². The highest BCUT2D eigenvalue weighted by Gasteiger charge is 2.41. The molecule has 0 spiro atoms. The molecular formula is C20H30N4O3. The molecule has 27 heavy (non-hydrogen) atoms. The van der Waals surface area contributed by atoms with Crippen LogP contribution in [-0.4, -0.2) is 57.7 Å². The Morgan fingerprint density at radius 1 is 1.11 bits per heavy atom. The van der Waals surface area contributed by atoms with Crippen molar-refractivity contribution >= 4 is 17.8 Å². The van der Waals surface area contributed by atoms with Crippen LogP contribution in [0.2, 0.25) is 0 Å². The summed E-state index contributed by atoms with van der Waals surface area (Å²) in [7, 11) is 0. The normalized spacial score (nSPS) is 23.2. The molecule has 3 amide bonds. The van der Waals surface area contributed by atoms with Crippen LogP contribution < -0.4 is 5.32 Å². The number of urea groups is 1. The monoisotopic (exact) mass is 374 g/mol. The second-order valence-corrected chi connectivity index (χ2v) is 8.31. The van der Waals surface area contributed by atoms with Crippen LogP contribution in [-0.2, 0) is 4.74 Å². The van der Waals surface area contributed by atoms with E-state index in [1.807, 2.05) is 36.6 Å². The highest BCUT2D eigenvalue weighted by Crippen LogP contribution is 2.31. The van der Waals surface area contributed by atoms with Crippen LogP contribution in [0.25, 0.3) is 0 Å². The third kappa shape index (κ3) is 4.90. The van der Waals surface area contributed by atoms with Crippen molar-refractivity contribution in [2.75, 3.05) is 18.4 Å². The molecule has 7 nitrogen and oxygen atoms in total. The Bertz CT molecular complexity index is 659. The summed E-state index contributed by atoms with van der Waals surface area (Å²) in [6, 6.07) is 3.53. The fourth-order valence-electron chi connectivity index (χ4n) is 3.98. The second kappa shape index (κ2) is 8.15. The van der Waals surface area contributed by atoms with Gasteiger partial charge in [0.1, 0.15) is 5.60 Å². The van der Waals surface area contributed by atoms with Crippen molar-refractivity contribution in [3.8, 4) is 0 Å². The van der Waals surface area contributed by atoms with E-state index in [9.17, 15) is 9.59 Å². The molecule has 2 saturated heterocycles. The van der Waals surface area contributed by atoms with E-state index in [2.05, 4.69) is 10.3 Å². The van der Waals surface area contributed by atoms with Crippen LogP contribution in [0, 0.1) is 0 Å². The van der Waals surface area contributed by atoms with E-state index >= 15 is 0 Å². The van der Waals surface area contributed by atoms with E-state index in [1.54, 1.807) is 18.5 Å². The Morgan fingerprint density at radius 2 is 1.81 bits per heavy atom. The first-order valence-electron chi connectivity index (χ1n) is 9.82. The second-order valence-electron chi connectivity index (χ2n) is 8.31. The number of hydrogen-bond acceptors (Lipinski definition) is 4. The van der Waals surface area contributed by atoms with Crippen LogP contribution in [0.4, 0.5) is 15.3 Å². The van der Waals surface area contributed by atoms with Gasteiger partial charge in [-0.2, -0.15) is 0 Å². The number of anilines is 1. The molecule has 0 aromatic carbocycles. The van der Waals surface area contributed by atoms with Gasteiger partial charge >= 0.3 is 12.1 Å². The Labute approximate surface area is 161 Å². The topological polar surface area (TPSA) is 74.8 Å². The summed E-state index contributed by atoms with van der Waals surface area (Å²) in [6.07, 6.45) is 7.85. The number of likely N-dealkylation sites (tertiary alicyclic amines) is 2. The summed E-state index contributed by atoms with van der Waals surface area (Å²) in [4.78, 5) is 33.3. The molecule has 0 radical (unpaired) electrons. The van der Waals surface area contributed by atoms with Gasteiger partial charge in [-0.15, -0.1) is 0 Å². The van der Waals surface area contributed by atoms with Gasteiger partial charge in [-0.05, 0) is 65.0 Å². The number of pyridine rings is 1. The molecule has 7 heteroatoms. The molecule has 1 aromatic rings. The lowest BCUT2D eigenvalue weighted by atomic mass is 9.94. The molecule has 148 valence electrons. The van der Waals surface area contributed by atoms with Crippen molar-refractivity contribution in [2.24, 2.45) is 0 Å². The molecule has 3 heterocycles. The summed E-state index contributed by atoms with van der Waals surface area (Å²) in [6.45, 7) is 7.03. The number of ether oxygens (including phenoxy) is 1. The number of carbonyl (C=O) groups excluding carboxylic acids is 2. The number of nitrogens with one attached hydrogen (secondary N) is 1. The number of rotatable bonds is 2. The number of amides is 3. The first kappa shape index (κ1) is 19.5. The van der Waals surface area contributed by atoms with E-state index in [0.29, 0.717) is 18.8 Å². The van der Waals surface area contributed by atoms with Crippen LogP contribution in [0.15, 0.2) is 24.5 Å². The maximum absolute atomic E-state index is 12.9. The van der Waals surface area contributed by atoms with Gasteiger partial charge in [0.15, 0.2) is 0 Å². The SMILES string of the molecule is CC(C)(C)OC(=O)N1CCC[C@H]1[C@@H]1CCCCN1C(=O)Nc1cccnc1. The molecule has 2 atom stereocenters. The molecule has 1 aromatic heterocycles. The molecule has 2 aliphatic heterocycles. The third-order valence-corrected chi connectivity index (χ3v) is 5.09. The minimum atomic E-state index is -0.520. The molecule has 0 bridgehead atoms. The lowest BCUT2D eigenvalue weighted by molar-refractivity contribution is 0.0121. The van der Waals surface area contributed by atoms with Crippen LogP contribution >= 0.6 is 0 Å². The van der Waals surface area contributed by atoms with E-state index in [4.69, 9.17) is 4.74 Å². The van der Waals surface area contributed by atoms with Crippen LogP contribution in [0.3, 0.4) is 0 Å². The van der Waals surface area contributed by atoms with Crippen molar-refractivity contribution in [1.82, 2.24) is 14.8 Å². The summed E-state index contributed by atoms with van der Waals surface area (Å²) < 4.78 is 5.59. The smallest absolute Gasteiger partial charge is 0.410 e. The van der Waals surface area contributed by atoms with Crippen molar-refractivity contribution in [1.29, 1.82) is 0 Å². The van der Waals surface area contributed by atoms with Gasteiger partial charge in [-0.25, -0.2) is 9.59 Å². The summed E-state index contributed by atoms with van der Waals surface area (Å²) in [5.74, 6) is 0. The van der Waals surface area contributed by atoms with E-state index in [0.717, 1.165) is 32.1 Å². The summed E-state index contributed by atoms with van der Waals surface area (Å²) in [5, 5.41) is 2.94. The van der Waals surface area contributed by atoms with Crippen LogP contribution in [0.1, 0.15) is 52.9 Å². The van der Waals surface area contributed by atoms with Crippen LogP contribution in [0.5, 0.6) is 0 Å². The number of carbonyl (C=O) groups is 2. The van der Waals surface area contributed by atoms with Crippen molar-refractivity contribution in [3.63, 3.8) is 0 Å². The van der Waals surface area contributed by atoms with Crippen molar-refractivity contribution in [3.05, 3.63) is 24.5 Å². The number of hydrogen-bond donors (Lipinski definition) is 1. The molecular weight excluding hydrogens is 344 g/mol. The van der Waals surface area contributed by atoms with Gasteiger partial charge in [0, 0.05) is 19.3 Å². The third-order valence-electron chi connectivity index (χ3n) is 5.09. The first-order chi connectivity index (χ1) is 12.8. The van der Waals surface area contributed by atoms with Gasteiger partial charge in [0.05, 0.1) is 24.0 Å². The molecule has 2 fully saturated rings. The quantitative estimate of drug-likeness (QED) is 0.853. The lowest BCUT2D eigenvalue weighted by Crippen LogP contribution is -2.56. The minimum Gasteiger partial charge on any atom is -0.444 e. The zero-order valence-corrected chi connectivity index (χ0v) is 16.5.